The zero-order chi connectivity index (χ0) is 18.8. The molecule has 6 nitrogen and oxygen atoms in total. The lowest BCUT2D eigenvalue weighted by atomic mass is 10.1. The van der Waals surface area contributed by atoms with Crippen LogP contribution in [-0.4, -0.2) is 18.3 Å². The number of hydrogen-bond donors (Lipinski definition) is 0. The van der Waals surface area contributed by atoms with Crippen molar-refractivity contribution in [3.63, 3.8) is 0 Å². The predicted molar refractivity (Wildman–Crippen MR) is 81.6 cm³/mol. The average Bonchev–Trinajstić information content (AvgIpc) is 2.55. The average molecular weight is 376 g/mol. The molecule has 0 saturated carbocycles. The van der Waals surface area contributed by atoms with Crippen LogP contribution >= 0.6 is 11.6 Å². The first-order chi connectivity index (χ1) is 11.7. The Kier molecular flexibility index (Phi) is 5.17. The van der Waals surface area contributed by atoms with Crippen molar-refractivity contribution in [2.24, 2.45) is 0 Å². The van der Waals surface area contributed by atoms with Gasteiger partial charge < -0.3 is 9.47 Å². The van der Waals surface area contributed by atoms with E-state index in [-0.39, 0.29) is 22.1 Å². The van der Waals surface area contributed by atoms with Gasteiger partial charge in [0.25, 0.3) is 0 Å². The van der Waals surface area contributed by atoms with E-state index in [0.717, 1.165) is 6.07 Å². The monoisotopic (exact) mass is 375 g/mol. The lowest BCUT2D eigenvalue weighted by Gasteiger charge is -2.14. The Bertz CT molecular complexity index is 839. The highest BCUT2D eigenvalue weighted by Gasteiger charge is 2.33. The Morgan fingerprint density at radius 1 is 1.20 bits per heavy atom. The minimum Gasteiger partial charge on any atom is -0.493 e. The molecule has 0 N–H and O–H groups in total. The number of ether oxygens (including phenoxy) is 2. The van der Waals surface area contributed by atoms with E-state index in [1.54, 1.807) is 0 Å². The lowest BCUT2D eigenvalue weighted by Crippen LogP contribution is -2.06. The molecule has 0 fully saturated rings. The quantitative estimate of drug-likeness (QED) is 0.423. The fraction of sp³-hybridized carbons (Fsp3) is 0.133. The Morgan fingerprint density at radius 2 is 1.88 bits per heavy atom. The van der Waals surface area contributed by atoms with Gasteiger partial charge in [0.1, 0.15) is 6.29 Å². The summed E-state index contributed by atoms with van der Waals surface area (Å²) in [7, 11) is 1.24. The van der Waals surface area contributed by atoms with Gasteiger partial charge in [-0.25, -0.2) is 0 Å². The van der Waals surface area contributed by atoms with Crippen molar-refractivity contribution in [1.82, 2.24) is 0 Å². The number of methoxy groups -OCH3 is 1. The maximum absolute atomic E-state index is 12.7. The number of nitro groups is 1. The minimum atomic E-state index is -4.75. The number of alkyl halides is 3. The number of rotatable bonds is 5. The van der Waals surface area contributed by atoms with Crippen LogP contribution in [0.25, 0.3) is 0 Å². The summed E-state index contributed by atoms with van der Waals surface area (Å²) < 4.78 is 48.5. The van der Waals surface area contributed by atoms with E-state index in [9.17, 15) is 28.1 Å². The van der Waals surface area contributed by atoms with E-state index in [0.29, 0.717) is 18.4 Å². The number of halogens is 4. The molecule has 0 unspecified atom stereocenters. The molecule has 25 heavy (non-hydrogen) atoms. The van der Waals surface area contributed by atoms with Crippen LogP contribution in [0.4, 0.5) is 18.9 Å². The summed E-state index contributed by atoms with van der Waals surface area (Å²) in [4.78, 5) is 20.9. The molecule has 0 aliphatic heterocycles. The van der Waals surface area contributed by atoms with Crippen LogP contribution in [0.3, 0.4) is 0 Å². The van der Waals surface area contributed by atoms with E-state index in [1.807, 2.05) is 0 Å². The van der Waals surface area contributed by atoms with Gasteiger partial charge in [0.05, 0.1) is 22.6 Å². The molecule has 0 atom stereocenters. The Balaban J connectivity index is 2.54. The minimum absolute atomic E-state index is 0.0104. The van der Waals surface area contributed by atoms with Gasteiger partial charge in [0, 0.05) is 11.6 Å². The van der Waals surface area contributed by atoms with Crippen molar-refractivity contribution in [2.45, 2.75) is 6.18 Å². The molecule has 0 bridgehead atoms. The number of hydrogen-bond acceptors (Lipinski definition) is 5. The first-order valence-corrected chi connectivity index (χ1v) is 6.91. The van der Waals surface area contributed by atoms with E-state index in [1.165, 1.54) is 19.2 Å². The Hall–Kier alpha value is -2.81. The molecule has 2 aromatic carbocycles. The normalized spacial score (nSPS) is 11.1. The van der Waals surface area contributed by atoms with Crippen LogP contribution < -0.4 is 9.47 Å². The number of nitro benzene ring substituents is 1. The Labute approximate surface area is 143 Å². The molecule has 0 saturated heterocycles. The van der Waals surface area contributed by atoms with Gasteiger partial charge in [-0.15, -0.1) is 0 Å². The van der Waals surface area contributed by atoms with Crippen molar-refractivity contribution in [3.8, 4) is 17.2 Å². The number of carbonyl (C=O) groups excluding carboxylic acids is 1. The topological polar surface area (TPSA) is 78.7 Å². The highest BCUT2D eigenvalue weighted by molar-refractivity contribution is 6.32. The summed E-state index contributed by atoms with van der Waals surface area (Å²) >= 11 is 5.96. The number of carbonyl (C=O) groups is 1. The molecule has 132 valence electrons. The summed E-state index contributed by atoms with van der Waals surface area (Å²) in [6.07, 6.45) is -4.25. The van der Waals surface area contributed by atoms with Gasteiger partial charge in [0.2, 0.25) is 5.75 Å². The number of aldehydes is 1. The van der Waals surface area contributed by atoms with Crippen molar-refractivity contribution >= 4 is 23.6 Å². The first-order valence-electron chi connectivity index (χ1n) is 6.53. The van der Waals surface area contributed by atoms with Crippen LogP contribution in [0.1, 0.15) is 15.9 Å². The fourth-order valence-corrected chi connectivity index (χ4v) is 2.20. The van der Waals surface area contributed by atoms with Gasteiger partial charge in [-0.1, -0.05) is 11.6 Å². The molecule has 0 heterocycles. The van der Waals surface area contributed by atoms with Crippen LogP contribution in [0.2, 0.25) is 5.02 Å². The third-order valence-corrected chi connectivity index (χ3v) is 3.36. The molecule has 0 aliphatic rings. The van der Waals surface area contributed by atoms with Crippen LogP contribution in [-0.2, 0) is 6.18 Å². The highest BCUT2D eigenvalue weighted by Crippen LogP contribution is 2.43. The zero-order valence-electron chi connectivity index (χ0n) is 12.5. The van der Waals surface area contributed by atoms with Crippen molar-refractivity contribution in [1.29, 1.82) is 0 Å². The molecule has 0 spiro atoms. The van der Waals surface area contributed by atoms with Gasteiger partial charge >= 0.3 is 11.9 Å². The molecule has 0 amide bonds. The van der Waals surface area contributed by atoms with Gasteiger partial charge in [0.15, 0.2) is 11.5 Å². The van der Waals surface area contributed by atoms with Crippen molar-refractivity contribution < 1.29 is 32.4 Å². The maximum atomic E-state index is 12.7. The maximum Gasteiger partial charge on any atom is 0.416 e. The van der Waals surface area contributed by atoms with Gasteiger partial charge in [-0.3, -0.25) is 14.9 Å². The lowest BCUT2D eigenvalue weighted by molar-refractivity contribution is -0.385. The summed E-state index contributed by atoms with van der Waals surface area (Å²) in [5.74, 6) is -0.640. The second-order valence-corrected chi connectivity index (χ2v) is 5.10. The Morgan fingerprint density at radius 3 is 2.40 bits per heavy atom. The van der Waals surface area contributed by atoms with E-state index in [2.05, 4.69) is 0 Å². The summed E-state index contributed by atoms with van der Waals surface area (Å²) in [5, 5.41) is 11.0. The second kappa shape index (κ2) is 6.98. The molecule has 0 aliphatic carbocycles. The van der Waals surface area contributed by atoms with Crippen molar-refractivity contribution in [3.05, 3.63) is 56.6 Å². The standard InChI is InChI=1S/C15H9ClF3NO5/c1-24-13-5-8(7-21)4-10(16)14(13)25-12-3-2-9(15(17,18)19)6-11(12)20(22)23/h2-7H,1H3. The predicted octanol–water partition coefficient (Wildman–Crippen LogP) is 4.88. The summed E-state index contributed by atoms with van der Waals surface area (Å²) in [6, 6.07) is 4.30. The third kappa shape index (κ3) is 4.00. The van der Waals surface area contributed by atoms with E-state index < -0.39 is 28.1 Å². The van der Waals surface area contributed by atoms with E-state index >= 15 is 0 Å². The zero-order valence-corrected chi connectivity index (χ0v) is 13.2. The fourth-order valence-electron chi connectivity index (χ4n) is 1.94. The molecule has 0 aromatic heterocycles. The smallest absolute Gasteiger partial charge is 0.416 e. The van der Waals surface area contributed by atoms with Crippen LogP contribution in [0, 0.1) is 10.1 Å². The molecular weight excluding hydrogens is 367 g/mol. The van der Waals surface area contributed by atoms with Crippen molar-refractivity contribution in [2.75, 3.05) is 7.11 Å². The highest BCUT2D eigenvalue weighted by atomic mass is 35.5. The second-order valence-electron chi connectivity index (χ2n) is 4.69. The first kappa shape index (κ1) is 18.5. The molecule has 10 heteroatoms. The van der Waals surface area contributed by atoms with Crippen LogP contribution in [0.5, 0.6) is 17.2 Å². The van der Waals surface area contributed by atoms with Gasteiger partial charge in [-0.05, 0) is 24.3 Å². The summed E-state index contributed by atoms with van der Waals surface area (Å²) in [5.41, 5.74) is -1.93. The molecule has 0 radical (unpaired) electrons. The van der Waals surface area contributed by atoms with E-state index in [4.69, 9.17) is 21.1 Å². The number of nitrogens with zero attached hydrogens (tertiary/aromatic N) is 1. The summed E-state index contributed by atoms with van der Waals surface area (Å²) in [6.45, 7) is 0. The number of benzene rings is 2. The SMILES string of the molecule is COc1cc(C=O)cc(Cl)c1Oc1ccc(C(F)(F)F)cc1[N+](=O)[O-]. The molecular formula is C15H9ClF3NO5. The molecule has 2 rings (SSSR count). The molecule has 2 aromatic rings. The van der Waals surface area contributed by atoms with Gasteiger partial charge in [-0.2, -0.15) is 13.2 Å². The van der Waals surface area contributed by atoms with Crippen LogP contribution in [0.15, 0.2) is 30.3 Å². The third-order valence-electron chi connectivity index (χ3n) is 3.08. The largest absolute Gasteiger partial charge is 0.493 e.